The normalized spacial score (nSPS) is 17.4. The molecule has 88 valence electrons. The van der Waals surface area contributed by atoms with E-state index >= 15 is 0 Å². The monoisotopic (exact) mass is 256 g/mol. The zero-order valence-electron chi connectivity index (χ0n) is 9.21. The number of para-hydroxylation sites is 1. The van der Waals surface area contributed by atoms with E-state index in [1.165, 1.54) is 0 Å². The number of hydrogen-bond donors (Lipinski definition) is 1. The first-order chi connectivity index (χ1) is 8.74. The summed E-state index contributed by atoms with van der Waals surface area (Å²) in [5.41, 5.74) is 1.74. The van der Waals surface area contributed by atoms with Crippen LogP contribution in [-0.4, -0.2) is 16.1 Å². The predicted octanol–water partition coefficient (Wildman–Crippen LogP) is 2.56. The molecule has 0 saturated carbocycles. The van der Waals surface area contributed by atoms with Gasteiger partial charge in [0.2, 0.25) is 0 Å². The Labute approximate surface area is 107 Å². The minimum atomic E-state index is -0.342. The van der Waals surface area contributed by atoms with Gasteiger partial charge >= 0.3 is 0 Å². The molecule has 0 aliphatic carbocycles. The number of benzene rings is 1. The van der Waals surface area contributed by atoms with Crippen molar-refractivity contribution in [3.63, 3.8) is 0 Å². The van der Waals surface area contributed by atoms with Crippen molar-refractivity contribution in [2.24, 2.45) is 0 Å². The minimum Gasteiger partial charge on any atom is -0.282 e. The van der Waals surface area contributed by atoms with Crippen molar-refractivity contribution in [1.82, 2.24) is 10.3 Å². The molecule has 2 amide bonds. The molecule has 2 aromatic rings. The molecule has 5 heteroatoms. The second-order valence-electron chi connectivity index (χ2n) is 3.77. The lowest BCUT2D eigenvalue weighted by Crippen LogP contribution is -2.17. The number of amides is 2. The standard InChI is InChI=1S/C13H8N2O2S/c16-12-11(18-13(17)15-12)7-8-5-6-14-10-4-2-1-3-9(8)10/h1-7H,(H,15,16,17)/b11-7-. The first-order valence-electron chi connectivity index (χ1n) is 5.33. The van der Waals surface area contributed by atoms with Gasteiger partial charge in [-0.05, 0) is 35.5 Å². The van der Waals surface area contributed by atoms with Crippen LogP contribution in [0.5, 0.6) is 0 Å². The van der Waals surface area contributed by atoms with E-state index in [4.69, 9.17) is 0 Å². The minimum absolute atomic E-state index is 0.329. The van der Waals surface area contributed by atoms with Crippen LogP contribution in [0.25, 0.3) is 17.0 Å². The number of rotatable bonds is 1. The van der Waals surface area contributed by atoms with E-state index < -0.39 is 0 Å². The maximum atomic E-state index is 11.5. The number of nitrogens with zero attached hydrogens (tertiary/aromatic N) is 1. The zero-order chi connectivity index (χ0) is 12.5. The van der Waals surface area contributed by atoms with E-state index in [0.717, 1.165) is 28.2 Å². The summed E-state index contributed by atoms with van der Waals surface area (Å²) in [6.45, 7) is 0. The van der Waals surface area contributed by atoms with Gasteiger partial charge < -0.3 is 0 Å². The maximum absolute atomic E-state index is 11.5. The van der Waals surface area contributed by atoms with Crippen LogP contribution >= 0.6 is 11.8 Å². The lowest BCUT2D eigenvalue weighted by molar-refractivity contribution is -0.115. The Bertz CT molecular complexity index is 689. The molecule has 0 bridgehead atoms. The first-order valence-corrected chi connectivity index (χ1v) is 6.14. The predicted molar refractivity (Wildman–Crippen MR) is 70.8 cm³/mol. The fraction of sp³-hybridized carbons (Fsp3) is 0. The molecule has 1 saturated heterocycles. The van der Waals surface area contributed by atoms with Crippen molar-refractivity contribution in [2.75, 3.05) is 0 Å². The van der Waals surface area contributed by atoms with Gasteiger partial charge in [-0.15, -0.1) is 0 Å². The number of imide groups is 1. The van der Waals surface area contributed by atoms with Crippen molar-refractivity contribution < 1.29 is 9.59 Å². The third kappa shape index (κ3) is 1.89. The van der Waals surface area contributed by atoms with E-state index in [9.17, 15) is 9.59 Å². The van der Waals surface area contributed by atoms with Crippen LogP contribution in [0.4, 0.5) is 4.79 Å². The molecule has 1 aromatic heterocycles. The molecular weight excluding hydrogens is 248 g/mol. The van der Waals surface area contributed by atoms with E-state index in [2.05, 4.69) is 10.3 Å². The van der Waals surface area contributed by atoms with Gasteiger partial charge in [-0.1, -0.05) is 18.2 Å². The van der Waals surface area contributed by atoms with Crippen LogP contribution < -0.4 is 5.32 Å². The van der Waals surface area contributed by atoms with Crippen molar-refractivity contribution in [3.8, 4) is 0 Å². The zero-order valence-corrected chi connectivity index (χ0v) is 10.0. The fourth-order valence-electron chi connectivity index (χ4n) is 1.81. The average Bonchev–Trinajstić information content (AvgIpc) is 2.68. The molecular formula is C13H8N2O2S. The van der Waals surface area contributed by atoms with Gasteiger partial charge in [0.1, 0.15) is 0 Å². The van der Waals surface area contributed by atoms with Gasteiger partial charge in [0.25, 0.3) is 11.1 Å². The number of carbonyl (C=O) groups is 2. The Morgan fingerprint density at radius 3 is 2.78 bits per heavy atom. The lowest BCUT2D eigenvalue weighted by atomic mass is 10.1. The molecule has 1 fully saturated rings. The molecule has 3 rings (SSSR count). The molecule has 0 spiro atoms. The van der Waals surface area contributed by atoms with Gasteiger partial charge in [0, 0.05) is 11.6 Å². The number of pyridine rings is 1. The van der Waals surface area contributed by atoms with Crippen LogP contribution in [0.15, 0.2) is 41.4 Å². The third-order valence-electron chi connectivity index (χ3n) is 2.61. The largest absolute Gasteiger partial charge is 0.290 e. The number of fused-ring (bicyclic) bond motifs is 1. The quantitative estimate of drug-likeness (QED) is 0.797. The van der Waals surface area contributed by atoms with Crippen molar-refractivity contribution in [1.29, 1.82) is 0 Å². The number of thioether (sulfide) groups is 1. The second-order valence-corrected chi connectivity index (χ2v) is 4.78. The topological polar surface area (TPSA) is 59.1 Å². The summed E-state index contributed by atoms with van der Waals surface area (Å²) in [6.07, 6.45) is 3.41. The van der Waals surface area contributed by atoms with Crippen LogP contribution in [0, 0.1) is 0 Å². The van der Waals surface area contributed by atoms with Gasteiger partial charge in [0.15, 0.2) is 0 Å². The summed E-state index contributed by atoms with van der Waals surface area (Å²) in [5.74, 6) is -0.342. The Morgan fingerprint density at radius 1 is 1.17 bits per heavy atom. The van der Waals surface area contributed by atoms with Crippen molar-refractivity contribution in [2.45, 2.75) is 0 Å². The Balaban J connectivity index is 2.13. The molecule has 0 unspecified atom stereocenters. The summed E-state index contributed by atoms with van der Waals surface area (Å²) in [6, 6.07) is 9.50. The van der Waals surface area contributed by atoms with Crippen molar-refractivity contribution in [3.05, 3.63) is 47.0 Å². The molecule has 0 radical (unpaired) electrons. The highest BCUT2D eigenvalue weighted by Gasteiger charge is 2.25. The Morgan fingerprint density at radius 2 is 2.00 bits per heavy atom. The fourth-order valence-corrected chi connectivity index (χ4v) is 2.48. The van der Waals surface area contributed by atoms with Crippen molar-refractivity contribution >= 4 is 39.9 Å². The number of hydrogen-bond acceptors (Lipinski definition) is 4. The highest BCUT2D eigenvalue weighted by atomic mass is 32.2. The van der Waals surface area contributed by atoms with Gasteiger partial charge in [-0.25, -0.2) is 0 Å². The van der Waals surface area contributed by atoms with Crippen LogP contribution in [0.1, 0.15) is 5.56 Å². The lowest BCUT2D eigenvalue weighted by Gasteiger charge is -2.01. The summed E-state index contributed by atoms with van der Waals surface area (Å²) < 4.78 is 0. The molecule has 1 aliphatic heterocycles. The molecule has 18 heavy (non-hydrogen) atoms. The summed E-state index contributed by atoms with van der Waals surface area (Å²) in [4.78, 5) is 27.2. The summed E-state index contributed by atoms with van der Waals surface area (Å²) in [7, 11) is 0. The van der Waals surface area contributed by atoms with Crippen LogP contribution in [-0.2, 0) is 4.79 Å². The summed E-state index contributed by atoms with van der Waals surface area (Å²) >= 11 is 0.918. The molecule has 1 N–H and O–H groups in total. The molecule has 1 aromatic carbocycles. The third-order valence-corrected chi connectivity index (χ3v) is 3.42. The van der Waals surface area contributed by atoms with Gasteiger partial charge in [0.05, 0.1) is 10.4 Å². The molecule has 4 nitrogen and oxygen atoms in total. The van der Waals surface area contributed by atoms with E-state index in [1.807, 2.05) is 30.3 Å². The first kappa shape index (κ1) is 11.0. The number of aromatic nitrogens is 1. The molecule has 2 heterocycles. The molecule has 1 aliphatic rings. The highest BCUT2D eigenvalue weighted by molar-refractivity contribution is 8.18. The number of carbonyl (C=O) groups excluding carboxylic acids is 2. The maximum Gasteiger partial charge on any atom is 0.290 e. The van der Waals surface area contributed by atoms with Crippen LogP contribution in [0.3, 0.4) is 0 Å². The average molecular weight is 256 g/mol. The van der Waals surface area contributed by atoms with E-state index in [-0.39, 0.29) is 11.1 Å². The highest BCUT2D eigenvalue weighted by Crippen LogP contribution is 2.27. The van der Waals surface area contributed by atoms with E-state index in [0.29, 0.717) is 4.91 Å². The smallest absolute Gasteiger partial charge is 0.282 e. The molecule has 0 atom stereocenters. The Hall–Kier alpha value is -2.14. The van der Waals surface area contributed by atoms with Gasteiger partial charge in [-0.2, -0.15) is 0 Å². The second kappa shape index (κ2) is 4.27. The SMILES string of the molecule is O=C1NC(=O)/C(=C/c2ccnc3ccccc23)S1. The Kier molecular flexibility index (Phi) is 2.60. The van der Waals surface area contributed by atoms with E-state index in [1.54, 1.807) is 12.3 Å². The van der Waals surface area contributed by atoms with Gasteiger partial charge in [-0.3, -0.25) is 19.9 Å². The number of nitrogens with one attached hydrogen (secondary N) is 1. The van der Waals surface area contributed by atoms with Crippen LogP contribution in [0.2, 0.25) is 0 Å². The summed E-state index contributed by atoms with van der Waals surface area (Å²) in [5, 5.41) is 2.87.